The van der Waals surface area contributed by atoms with Gasteiger partial charge in [-0.3, -0.25) is 10.2 Å². The van der Waals surface area contributed by atoms with Crippen molar-refractivity contribution in [3.8, 4) is 23.1 Å². The zero-order valence-electron chi connectivity index (χ0n) is 32.5. The van der Waals surface area contributed by atoms with E-state index < -0.39 is 13.2 Å². The van der Waals surface area contributed by atoms with Crippen LogP contribution in [0.3, 0.4) is 0 Å². The van der Waals surface area contributed by atoms with Crippen LogP contribution in [0.1, 0.15) is 37.9 Å². The van der Waals surface area contributed by atoms with Crippen LogP contribution in [0.15, 0.2) is 103 Å². The van der Waals surface area contributed by atoms with E-state index in [1.807, 2.05) is 91.0 Å². The maximum Gasteiger partial charge on any atom is 0.324 e. The summed E-state index contributed by atoms with van der Waals surface area (Å²) in [6, 6.07) is 30.0. The molecule has 3 heterocycles. The van der Waals surface area contributed by atoms with E-state index in [1.165, 1.54) is 0 Å². The van der Waals surface area contributed by atoms with Crippen LogP contribution in [-0.2, 0) is 21.1 Å². The fraction of sp³-hybridized carbons (Fsp3) is 0.302. The third-order valence-corrected chi connectivity index (χ3v) is 11.0. The molecule has 56 heavy (non-hydrogen) atoms. The second kappa shape index (κ2) is 16.7. The van der Waals surface area contributed by atoms with Gasteiger partial charge in [0, 0.05) is 65.9 Å². The lowest BCUT2D eigenvalue weighted by atomic mass is 9.92. The van der Waals surface area contributed by atoms with Crippen molar-refractivity contribution in [1.82, 2.24) is 24.6 Å². The largest absolute Gasteiger partial charge is 0.492 e. The Hall–Kier alpha value is -5.55. The van der Waals surface area contributed by atoms with Crippen LogP contribution in [0.25, 0.3) is 16.5 Å². The topological polar surface area (TPSA) is 133 Å². The molecule has 0 bridgehead atoms. The predicted octanol–water partition coefficient (Wildman–Crippen LogP) is 8.10. The molecule has 0 radical (unpaired) electrons. The Balaban J connectivity index is 1.04. The maximum absolute atomic E-state index is 13.6. The van der Waals surface area contributed by atoms with Crippen LogP contribution in [0.5, 0.6) is 17.4 Å². The number of nitrogens with zero attached hydrogens (tertiary/aromatic N) is 5. The molecule has 0 aliphatic carbocycles. The molecule has 290 valence electrons. The van der Waals surface area contributed by atoms with E-state index in [9.17, 15) is 9.36 Å². The second-order valence-corrected chi connectivity index (χ2v) is 18.4. The van der Waals surface area contributed by atoms with Gasteiger partial charge in [0.05, 0.1) is 30.3 Å². The Kier molecular flexibility index (Phi) is 11.5. The number of aromatic nitrogens is 4. The van der Waals surface area contributed by atoms with Gasteiger partial charge in [-0.25, -0.2) is 14.5 Å². The molecule has 12 nitrogen and oxygen atoms in total. The Morgan fingerprint density at radius 1 is 0.893 bits per heavy atom. The van der Waals surface area contributed by atoms with Gasteiger partial charge in [0.1, 0.15) is 36.9 Å². The summed E-state index contributed by atoms with van der Waals surface area (Å²) < 4.78 is 32.2. The van der Waals surface area contributed by atoms with E-state index >= 15 is 0 Å². The average molecular weight is 774 g/mol. The van der Waals surface area contributed by atoms with Crippen molar-refractivity contribution < 1.29 is 23.6 Å². The molecule has 2 N–H and O–H groups in total. The summed E-state index contributed by atoms with van der Waals surface area (Å²) in [5.74, 6) is 2.94. The lowest BCUT2D eigenvalue weighted by molar-refractivity contribution is 0.0322. The minimum absolute atomic E-state index is 0.264. The molecule has 0 spiro atoms. The molecule has 1 fully saturated rings. The summed E-state index contributed by atoms with van der Waals surface area (Å²) in [6.07, 6.45) is 2.20. The van der Waals surface area contributed by atoms with E-state index in [0.29, 0.717) is 42.0 Å². The smallest absolute Gasteiger partial charge is 0.324 e. The van der Waals surface area contributed by atoms with E-state index in [4.69, 9.17) is 24.3 Å². The van der Waals surface area contributed by atoms with Crippen molar-refractivity contribution in [1.29, 1.82) is 0 Å². The van der Waals surface area contributed by atoms with Gasteiger partial charge in [-0.05, 0) is 67.4 Å². The van der Waals surface area contributed by atoms with Crippen LogP contribution in [-0.4, -0.2) is 83.5 Å². The molecular weight excluding hydrogens is 725 g/mol. The first kappa shape index (κ1) is 38.7. The summed E-state index contributed by atoms with van der Waals surface area (Å²) >= 11 is 0. The van der Waals surface area contributed by atoms with Gasteiger partial charge in [0.15, 0.2) is 0 Å². The van der Waals surface area contributed by atoms with E-state index in [-0.39, 0.29) is 5.41 Å². The van der Waals surface area contributed by atoms with E-state index in [0.717, 1.165) is 71.6 Å². The molecule has 4 aromatic carbocycles. The van der Waals surface area contributed by atoms with E-state index in [2.05, 4.69) is 41.3 Å². The standard InChI is InChI=1S/C43H48N7O5P/c1-43(2,3)38-29-40(50(48-38)31-13-15-33(16-14-31)56(4,5)52)47-42(51)45-36-17-18-37(35-12-7-6-11-34(35)36)55-41-19-20-44-39(46-41)28-30-9-8-10-32(27-30)54-26-23-49-21-24-53-25-22-49/h6-20,27,29H,21-26,28H2,1-5H3,(H2,45,47,51). The van der Waals surface area contributed by atoms with Gasteiger partial charge in [0.25, 0.3) is 0 Å². The maximum atomic E-state index is 13.6. The minimum Gasteiger partial charge on any atom is -0.492 e. The van der Waals surface area contributed by atoms with Crippen LogP contribution in [0, 0.1) is 0 Å². The molecule has 2 amide bonds. The van der Waals surface area contributed by atoms with Gasteiger partial charge in [-0.1, -0.05) is 57.2 Å². The Labute approximate surface area is 327 Å². The average Bonchev–Trinajstić information content (AvgIpc) is 3.61. The molecule has 13 heteroatoms. The molecular formula is C43H48N7O5P. The zero-order valence-corrected chi connectivity index (χ0v) is 33.4. The van der Waals surface area contributed by atoms with Gasteiger partial charge >= 0.3 is 6.03 Å². The Bertz CT molecular complexity index is 2360. The molecule has 0 atom stereocenters. The Morgan fingerprint density at radius 2 is 1.66 bits per heavy atom. The number of morpholine rings is 1. The number of nitrogens with one attached hydrogen (secondary N) is 2. The quantitative estimate of drug-likeness (QED) is 0.118. The third kappa shape index (κ3) is 9.63. The highest BCUT2D eigenvalue weighted by atomic mass is 31.2. The predicted molar refractivity (Wildman–Crippen MR) is 222 cm³/mol. The summed E-state index contributed by atoms with van der Waals surface area (Å²) in [7, 11) is -2.42. The number of urea groups is 1. The molecule has 2 aromatic heterocycles. The molecule has 1 aliphatic heterocycles. The number of anilines is 2. The van der Waals surface area contributed by atoms with Crippen LogP contribution in [0.2, 0.25) is 0 Å². The number of fused-ring (bicyclic) bond motifs is 1. The number of benzene rings is 4. The van der Waals surface area contributed by atoms with Gasteiger partial charge in [0.2, 0.25) is 5.88 Å². The fourth-order valence-electron chi connectivity index (χ4n) is 6.41. The summed E-state index contributed by atoms with van der Waals surface area (Å²) in [5, 5.41) is 13.2. The monoisotopic (exact) mass is 773 g/mol. The summed E-state index contributed by atoms with van der Waals surface area (Å²) in [4.78, 5) is 25.2. The number of carbonyl (C=O) groups excluding carboxylic acids is 1. The third-order valence-electron chi connectivity index (χ3n) is 9.50. The second-order valence-electron chi connectivity index (χ2n) is 15.2. The number of amides is 2. The van der Waals surface area contributed by atoms with Gasteiger partial charge in [-0.15, -0.1) is 0 Å². The SMILES string of the molecule is CC(C)(C)c1cc(NC(=O)Nc2ccc(Oc3ccnc(Cc4cccc(OCCN5CCOCC5)c4)n3)c3ccccc23)n(-c2ccc(P(C)(C)=O)cc2)n1. The molecule has 0 saturated carbocycles. The summed E-state index contributed by atoms with van der Waals surface area (Å²) in [5.41, 5.74) is 2.93. The minimum atomic E-state index is -2.42. The first-order valence-electron chi connectivity index (χ1n) is 18.8. The highest BCUT2D eigenvalue weighted by Gasteiger charge is 2.23. The van der Waals surface area contributed by atoms with Crippen molar-refractivity contribution in [2.24, 2.45) is 0 Å². The lowest BCUT2D eigenvalue weighted by Crippen LogP contribution is -2.38. The highest BCUT2D eigenvalue weighted by Crippen LogP contribution is 2.36. The van der Waals surface area contributed by atoms with Gasteiger partial charge in [-0.2, -0.15) is 10.1 Å². The first-order valence-corrected chi connectivity index (χ1v) is 21.4. The van der Waals surface area contributed by atoms with Crippen molar-refractivity contribution in [2.45, 2.75) is 32.6 Å². The van der Waals surface area contributed by atoms with Crippen LogP contribution < -0.4 is 25.4 Å². The highest BCUT2D eigenvalue weighted by molar-refractivity contribution is 7.70. The number of hydrogen-bond donors (Lipinski definition) is 2. The Morgan fingerprint density at radius 3 is 2.41 bits per heavy atom. The zero-order chi connectivity index (χ0) is 39.3. The number of ether oxygens (including phenoxy) is 3. The first-order chi connectivity index (χ1) is 26.9. The van der Waals surface area contributed by atoms with Crippen molar-refractivity contribution in [2.75, 3.05) is 63.4 Å². The summed E-state index contributed by atoms with van der Waals surface area (Å²) in [6.45, 7) is 14.6. The molecule has 0 unspecified atom stereocenters. The van der Waals surface area contributed by atoms with Gasteiger partial charge < -0.3 is 24.1 Å². The number of hydrogen-bond acceptors (Lipinski definition) is 9. The number of rotatable bonds is 12. The fourth-order valence-corrected chi connectivity index (χ4v) is 7.27. The molecule has 1 aliphatic rings. The van der Waals surface area contributed by atoms with Crippen LogP contribution >= 0.6 is 7.14 Å². The molecule has 7 rings (SSSR count). The van der Waals surface area contributed by atoms with Crippen molar-refractivity contribution in [3.63, 3.8) is 0 Å². The van der Waals surface area contributed by atoms with Crippen LogP contribution in [0.4, 0.5) is 16.3 Å². The van der Waals surface area contributed by atoms with E-state index in [1.54, 1.807) is 30.3 Å². The normalized spacial score (nSPS) is 13.7. The van der Waals surface area contributed by atoms with Crippen molar-refractivity contribution >= 4 is 40.8 Å². The lowest BCUT2D eigenvalue weighted by Gasteiger charge is -2.26. The number of carbonyl (C=O) groups is 1. The molecule has 1 saturated heterocycles. The van der Waals surface area contributed by atoms with Crippen molar-refractivity contribution in [3.05, 3.63) is 120 Å². The molecule has 6 aromatic rings.